The molecule has 0 aliphatic carbocycles. The van der Waals surface area contributed by atoms with Crippen LogP contribution in [0.2, 0.25) is 10.2 Å². The highest BCUT2D eigenvalue weighted by atomic mass is 35.5. The number of carbonyl (C=O) groups excluding carboxylic acids is 1. The Morgan fingerprint density at radius 1 is 1.14 bits per heavy atom. The number of urea groups is 1. The van der Waals surface area contributed by atoms with E-state index in [-0.39, 0.29) is 18.7 Å². The quantitative estimate of drug-likeness (QED) is 0.126. The third-order valence-corrected chi connectivity index (χ3v) is 7.88. The Kier molecular flexibility index (Phi) is 8.69. The van der Waals surface area contributed by atoms with Gasteiger partial charge in [0.1, 0.15) is 29.0 Å². The smallest absolute Gasteiger partial charge is 0.315 e. The highest BCUT2D eigenvalue weighted by Crippen LogP contribution is 2.31. The predicted octanol–water partition coefficient (Wildman–Crippen LogP) is 6.18. The number of H-pyrrole nitrogens is 2. The van der Waals surface area contributed by atoms with E-state index in [9.17, 15) is 4.79 Å². The van der Waals surface area contributed by atoms with Gasteiger partial charge in [-0.05, 0) is 55.2 Å². The fourth-order valence-corrected chi connectivity index (χ4v) is 5.59. The Bertz CT molecular complexity index is 1720. The summed E-state index contributed by atoms with van der Waals surface area (Å²) in [5.74, 6) is 1.60. The fraction of sp³-hybridized carbons (Fsp3) is 0.258. The van der Waals surface area contributed by atoms with E-state index in [1.165, 1.54) is 0 Å². The van der Waals surface area contributed by atoms with Crippen LogP contribution in [0.25, 0.3) is 22.2 Å². The van der Waals surface area contributed by atoms with Gasteiger partial charge in [-0.2, -0.15) is 5.10 Å². The molecule has 0 radical (unpaired) electrons. The molecule has 3 aromatic carbocycles. The van der Waals surface area contributed by atoms with Gasteiger partial charge in [-0.15, -0.1) is 0 Å². The van der Waals surface area contributed by atoms with Crippen LogP contribution in [-0.2, 0) is 17.7 Å². The average Bonchev–Trinajstić information content (AvgIpc) is 3.76. The molecule has 0 bridgehead atoms. The number of amides is 2. The van der Waals surface area contributed by atoms with Gasteiger partial charge in [0.05, 0.1) is 17.7 Å². The number of hydrogen-bond acceptors (Lipinski definition) is 6. The van der Waals surface area contributed by atoms with Crippen molar-refractivity contribution in [2.45, 2.75) is 38.0 Å². The largest absolute Gasteiger partial charge is 0.491 e. The molecule has 1 aliphatic heterocycles. The van der Waals surface area contributed by atoms with E-state index in [4.69, 9.17) is 43.4 Å². The van der Waals surface area contributed by atoms with Crippen molar-refractivity contribution < 1.29 is 14.3 Å². The predicted molar refractivity (Wildman–Crippen MR) is 167 cm³/mol. The van der Waals surface area contributed by atoms with E-state index in [1.807, 2.05) is 54.6 Å². The first-order valence-electron chi connectivity index (χ1n) is 14.0. The van der Waals surface area contributed by atoms with Crippen molar-refractivity contribution in [1.82, 2.24) is 30.8 Å². The summed E-state index contributed by atoms with van der Waals surface area (Å²) in [6.45, 7) is 1.41. The first-order valence-corrected chi connectivity index (χ1v) is 14.8. The molecule has 3 heterocycles. The second kappa shape index (κ2) is 12.9. The van der Waals surface area contributed by atoms with E-state index in [2.05, 4.69) is 25.8 Å². The molecule has 0 spiro atoms. The maximum Gasteiger partial charge on any atom is 0.315 e. The number of anilines is 1. The summed E-state index contributed by atoms with van der Waals surface area (Å²) in [6, 6.07) is 20.0. The number of nitrogens with zero attached hydrogens (tertiary/aromatic N) is 2. The highest BCUT2D eigenvalue weighted by molar-refractivity contribution is 6.32. The Hall–Kier alpha value is -4.25. The van der Waals surface area contributed by atoms with Gasteiger partial charge in [-0.1, -0.05) is 59.6 Å². The van der Waals surface area contributed by atoms with Crippen molar-refractivity contribution in [3.8, 4) is 17.0 Å². The third kappa shape index (κ3) is 6.88. The zero-order chi connectivity index (χ0) is 29.8. The number of nitrogens with one attached hydrogen (secondary N) is 4. The number of hydrogen-bond donors (Lipinski definition) is 5. The van der Waals surface area contributed by atoms with Gasteiger partial charge in [0, 0.05) is 34.7 Å². The third-order valence-electron chi connectivity index (χ3n) is 7.37. The molecule has 1 aliphatic rings. The Morgan fingerprint density at radius 2 is 2.00 bits per heavy atom. The topological polar surface area (TPSA) is 143 Å². The standard InChI is InChI=1S/C31H31Cl2N7O3/c32-21-9-11-26(43-17-22-7-4-12-42-22)20(14-21)16-35-31(41)36-25(13-18-5-2-1-3-6-18)30-37-27(28(33)38-30)19-8-10-23-24(15-19)39-40-29(23)34/h1-3,5-6,8-11,14-15,22,25H,4,7,12-13,16-17H2,(H,37,38)(H3,34,39,40)(H2,35,36,41)/t22?,25-/m0/s1. The van der Waals surface area contributed by atoms with Crippen molar-refractivity contribution in [2.24, 2.45) is 0 Å². The van der Waals surface area contributed by atoms with Crippen LogP contribution in [0.15, 0.2) is 66.7 Å². The van der Waals surface area contributed by atoms with Gasteiger partial charge < -0.3 is 30.8 Å². The molecule has 2 aromatic heterocycles. The molecular formula is C31H31Cl2N7O3. The highest BCUT2D eigenvalue weighted by Gasteiger charge is 2.23. The Morgan fingerprint density at radius 3 is 2.81 bits per heavy atom. The average molecular weight is 621 g/mol. The number of aromatic nitrogens is 4. The molecule has 2 amide bonds. The molecule has 1 fully saturated rings. The van der Waals surface area contributed by atoms with E-state index in [0.717, 1.165) is 47.0 Å². The van der Waals surface area contributed by atoms with E-state index in [0.29, 0.717) is 46.3 Å². The number of aromatic amines is 2. The summed E-state index contributed by atoms with van der Waals surface area (Å²) >= 11 is 12.9. The van der Waals surface area contributed by atoms with Crippen LogP contribution in [0.1, 0.15) is 35.8 Å². The number of imidazole rings is 1. The number of nitrogen functional groups attached to an aromatic ring is 1. The van der Waals surface area contributed by atoms with E-state index >= 15 is 0 Å². The van der Waals surface area contributed by atoms with Crippen LogP contribution in [-0.4, -0.2) is 45.5 Å². The summed E-state index contributed by atoms with van der Waals surface area (Å²) in [7, 11) is 0. The zero-order valence-electron chi connectivity index (χ0n) is 23.2. The second-order valence-corrected chi connectivity index (χ2v) is 11.2. The molecule has 12 heteroatoms. The molecule has 43 heavy (non-hydrogen) atoms. The van der Waals surface area contributed by atoms with Crippen molar-refractivity contribution in [1.29, 1.82) is 0 Å². The summed E-state index contributed by atoms with van der Waals surface area (Å²) in [5, 5.41) is 14.7. The van der Waals surface area contributed by atoms with Crippen LogP contribution in [0.5, 0.6) is 5.75 Å². The molecule has 6 rings (SSSR count). The summed E-state index contributed by atoms with van der Waals surface area (Å²) in [5.41, 5.74) is 9.82. The van der Waals surface area contributed by atoms with Crippen molar-refractivity contribution in [3.05, 3.63) is 93.9 Å². The summed E-state index contributed by atoms with van der Waals surface area (Å²) < 4.78 is 11.7. The molecule has 2 atom stereocenters. The molecule has 6 N–H and O–H groups in total. The van der Waals surface area contributed by atoms with Gasteiger partial charge in [0.15, 0.2) is 5.82 Å². The van der Waals surface area contributed by atoms with E-state index in [1.54, 1.807) is 12.1 Å². The molecule has 1 unspecified atom stereocenters. The van der Waals surface area contributed by atoms with Crippen molar-refractivity contribution in [2.75, 3.05) is 18.9 Å². The van der Waals surface area contributed by atoms with Gasteiger partial charge in [0.2, 0.25) is 0 Å². The molecule has 1 saturated heterocycles. The minimum atomic E-state index is -0.505. The molecule has 222 valence electrons. The molecule has 10 nitrogen and oxygen atoms in total. The number of nitrogens with two attached hydrogens (primary N) is 1. The van der Waals surface area contributed by atoms with Gasteiger partial charge in [-0.25, -0.2) is 9.78 Å². The zero-order valence-corrected chi connectivity index (χ0v) is 24.7. The monoisotopic (exact) mass is 619 g/mol. The SMILES string of the molecule is Nc1n[nH]c2cc(-c3nc([C@H](Cc4ccccc4)NC(=O)NCc4cc(Cl)ccc4OCC4CCCO4)[nH]c3Cl)ccc12. The summed E-state index contributed by atoms with van der Waals surface area (Å²) in [6.07, 6.45) is 2.56. The number of benzene rings is 3. The van der Waals surface area contributed by atoms with Gasteiger partial charge in [-0.3, -0.25) is 5.10 Å². The second-order valence-electron chi connectivity index (χ2n) is 10.4. The number of rotatable bonds is 10. The minimum Gasteiger partial charge on any atom is -0.491 e. The summed E-state index contributed by atoms with van der Waals surface area (Å²) in [4.78, 5) is 21.2. The lowest BCUT2D eigenvalue weighted by atomic mass is 10.1. The Labute approximate surface area is 258 Å². The van der Waals surface area contributed by atoms with Gasteiger partial charge in [0.25, 0.3) is 0 Å². The van der Waals surface area contributed by atoms with Crippen LogP contribution in [0.4, 0.5) is 10.6 Å². The molecule has 5 aromatic rings. The lowest BCUT2D eigenvalue weighted by molar-refractivity contribution is 0.0676. The maximum atomic E-state index is 13.3. The number of fused-ring (bicyclic) bond motifs is 1. The van der Waals surface area contributed by atoms with Crippen molar-refractivity contribution in [3.63, 3.8) is 0 Å². The first-order chi connectivity index (χ1) is 20.9. The van der Waals surface area contributed by atoms with Gasteiger partial charge >= 0.3 is 6.03 Å². The lowest BCUT2D eigenvalue weighted by Gasteiger charge is -2.19. The van der Waals surface area contributed by atoms with E-state index < -0.39 is 6.04 Å². The van der Waals surface area contributed by atoms with Crippen LogP contribution < -0.4 is 21.1 Å². The number of ether oxygens (including phenoxy) is 2. The molecule has 0 saturated carbocycles. The first kappa shape index (κ1) is 28.9. The van der Waals surface area contributed by atoms with Crippen molar-refractivity contribution >= 4 is 46.0 Å². The van der Waals surface area contributed by atoms with Crippen LogP contribution >= 0.6 is 23.2 Å². The number of halogens is 2. The number of carbonyl (C=O) groups is 1. The Balaban J connectivity index is 1.19. The fourth-order valence-electron chi connectivity index (χ4n) is 5.15. The minimum absolute atomic E-state index is 0.0723. The molecular weight excluding hydrogens is 589 g/mol. The lowest BCUT2D eigenvalue weighted by Crippen LogP contribution is -2.39. The maximum absolute atomic E-state index is 13.3. The van der Waals surface area contributed by atoms with Crippen LogP contribution in [0.3, 0.4) is 0 Å². The normalized spacial score (nSPS) is 15.4. The van der Waals surface area contributed by atoms with Crippen LogP contribution in [0, 0.1) is 0 Å².